The van der Waals surface area contributed by atoms with Crippen LogP contribution in [0.25, 0.3) is 0 Å². The number of benzene rings is 1. The Bertz CT molecular complexity index is 553. The summed E-state index contributed by atoms with van der Waals surface area (Å²) in [5.74, 6) is 0.689. The third-order valence-corrected chi connectivity index (χ3v) is 4.43. The van der Waals surface area contributed by atoms with E-state index in [9.17, 15) is 13.2 Å². The number of halogens is 4. The van der Waals surface area contributed by atoms with Gasteiger partial charge in [0.1, 0.15) is 0 Å². The first-order valence-electron chi connectivity index (χ1n) is 8.78. The fraction of sp³-hybridized carbons (Fsp3) is 0.611. The number of aliphatic imine (C=N–C) groups is 1. The third kappa shape index (κ3) is 7.30. The predicted molar refractivity (Wildman–Crippen MR) is 110 cm³/mol. The highest BCUT2D eigenvalue weighted by Gasteiger charge is 2.29. The van der Waals surface area contributed by atoms with Crippen molar-refractivity contribution in [1.29, 1.82) is 0 Å². The zero-order valence-corrected chi connectivity index (χ0v) is 17.6. The molecule has 8 heteroatoms. The van der Waals surface area contributed by atoms with Gasteiger partial charge >= 0.3 is 6.18 Å². The standard InChI is InChI=1S/C18H27F3N4.HI/c1-3-10-25-11-8-16(9-12-25)24-17(22-2)23-13-14-4-6-15(7-5-14)18(19,20)21;/h4-7,16H,3,8-13H2,1-2H3,(H2,22,23,24);1H. The van der Waals surface area contributed by atoms with E-state index in [0.717, 1.165) is 50.2 Å². The van der Waals surface area contributed by atoms with Gasteiger partial charge in [-0.2, -0.15) is 13.2 Å². The Morgan fingerprint density at radius 3 is 2.31 bits per heavy atom. The lowest BCUT2D eigenvalue weighted by Gasteiger charge is -2.32. The number of nitrogens with one attached hydrogen (secondary N) is 2. The van der Waals surface area contributed by atoms with Crippen molar-refractivity contribution in [1.82, 2.24) is 15.5 Å². The molecule has 0 spiro atoms. The van der Waals surface area contributed by atoms with E-state index in [-0.39, 0.29) is 24.0 Å². The molecule has 1 aliphatic heterocycles. The normalized spacial score (nSPS) is 16.9. The first-order chi connectivity index (χ1) is 11.9. The maximum atomic E-state index is 12.6. The molecule has 1 aromatic rings. The summed E-state index contributed by atoms with van der Waals surface area (Å²) in [5.41, 5.74) is 0.159. The Kier molecular flexibility index (Phi) is 9.70. The van der Waals surface area contributed by atoms with E-state index >= 15 is 0 Å². The average molecular weight is 484 g/mol. The summed E-state index contributed by atoms with van der Waals surface area (Å²) in [5, 5.41) is 6.58. The average Bonchev–Trinajstić information content (AvgIpc) is 2.60. The summed E-state index contributed by atoms with van der Waals surface area (Å²) in [6.07, 6.45) is -0.980. The van der Waals surface area contributed by atoms with Gasteiger partial charge in [-0.05, 0) is 43.5 Å². The molecule has 0 saturated carbocycles. The van der Waals surface area contributed by atoms with Gasteiger partial charge in [-0.15, -0.1) is 24.0 Å². The van der Waals surface area contributed by atoms with Gasteiger partial charge in [0.2, 0.25) is 0 Å². The van der Waals surface area contributed by atoms with Crippen LogP contribution in [0.4, 0.5) is 13.2 Å². The Hall–Kier alpha value is -1.03. The molecule has 0 atom stereocenters. The number of hydrogen-bond acceptors (Lipinski definition) is 2. The third-order valence-electron chi connectivity index (χ3n) is 4.43. The van der Waals surface area contributed by atoms with Gasteiger partial charge in [0.25, 0.3) is 0 Å². The first kappa shape index (κ1) is 23.0. The Balaban J connectivity index is 0.00000338. The van der Waals surface area contributed by atoms with Crippen molar-refractivity contribution in [2.75, 3.05) is 26.7 Å². The zero-order valence-electron chi connectivity index (χ0n) is 15.3. The molecular formula is C18H28F3IN4. The molecule has 0 radical (unpaired) electrons. The number of guanidine groups is 1. The molecule has 0 aliphatic carbocycles. The molecule has 1 heterocycles. The van der Waals surface area contributed by atoms with Crippen LogP contribution in [0.15, 0.2) is 29.3 Å². The van der Waals surface area contributed by atoms with Crippen molar-refractivity contribution in [3.63, 3.8) is 0 Å². The Morgan fingerprint density at radius 1 is 1.19 bits per heavy atom. The van der Waals surface area contributed by atoms with Crippen molar-refractivity contribution in [2.45, 2.75) is 44.9 Å². The first-order valence-corrected chi connectivity index (χ1v) is 8.78. The molecule has 1 aromatic carbocycles. The van der Waals surface area contributed by atoms with Crippen LogP contribution in [-0.4, -0.2) is 43.6 Å². The van der Waals surface area contributed by atoms with Crippen molar-refractivity contribution in [2.24, 2.45) is 4.99 Å². The minimum Gasteiger partial charge on any atom is -0.354 e. The van der Waals surface area contributed by atoms with Crippen LogP contribution in [0.5, 0.6) is 0 Å². The van der Waals surface area contributed by atoms with Gasteiger partial charge in [-0.1, -0.05) is 19.1 Å². The van der Waals surface area contributed by atoms with E-state index < -0.39 is 11.7 Å². The molecule has 2 rings (SSSR count). The SMILES string of the molecule is CCCN1CCC(NC(=NC)NCc2ccc(C(F)(F)F)cc2)CC1.I. The lowest BCUT2D eigenvalue weighted by Crippen LogP contribution is -2.48. The molecule has 4 nitrogen and oxygen atoms in total. The number of nitrogens with zero attached hydrogens (tertiary/aromatic N) is 2. The fourth-order valence-corrected chi connectivity index (χ4v) is 3.00. The number of likely N-dealkylation sites (tertiary alicyclic amines) is 1. The summed E-state index contributed by atoms with van der Waals surface area (Å²) in [7, 11) is 1.70. The van der Waals surface area contributed by atoms with Crippen LogP contribution in [0.2, 0.25) is 0 Å². The molecule has 0 unspecified atom stereocenters. The minimum atomic E-state index is -4.30. The number of rotatable bonds is 5. The number of piperidine rings is 1. The van der Waals surface area contributed by atoms with E-state index in [1.54, 1.807) is 7.05 Å². The predicted octanol–water partition coefficient (Wildman–Crippen LogP) is 3.86. The highest BCUT2D eigenvalue weighted by molar-refractivity contribution is 14.0. The van der Waals surface area contributed by atoms with E-state index in [0.29, 0.717) is 18.5 Å². The van der Waals surface area contributed by atoms with Crippen LogP contribution in [0, 0.1) is 0 Å². The van der Waals surface area contributed by atoms with Crippen molar-refractivity contribution in [3.8, 4) is 0 Å². The molecule has 1 fully saturated rings. The van der Waals surface area contributed by atoms with Crippen LogP contribution in [0.1, 0.15) is 37.3 Å². The lowest BCUT2D eigenvalue weighted by molar-refractivity contribution is -0.137. The summed E-state index contributed by atoms with van der Waals surface area (Å²) in [6, 6.07) is 5.58. The van der Waals surface area contributed by atoms with Crippen molar-refractivity contribution >= 4 is 29.9 Å². The molecule has 26 heavy (non-hydrogen) atoms. The highest BCUT2D eigenvalue weighted by Crippen LogP contribution is 2.29. The molecule has 148 valence electrons. The van der Waals surface area contributed by atoms with E-state index in [2.05, 4.69) is 27.4 Å². The van der Waals surface area contributed by atoms with E-state index in [1.165, 1.54) is 18.6 Å². The van der Waals surface area contributed by atoms with Crippen LogP contribution in [0.3, 0.4) is 0 Å². The molecule has 1 aliphatic rings. The summed E-state index contributed by atoms with van der Waals surface area (Å²) >= 11 is 0. The second-order valence-corrected chi connectivity index (χ2v) is 6.38. The van der Waals surface area contributed by atoms with Gasteiger partial charge in [-0.3, -0.25) is 4.99 Å². The Labute approximate surface area is 170 Å². The van der Waals surface area contributed by atoms with Gasteiger partial charge in [0, 0.05) is 32.7 Å². The fourth-order valence-electron chi connectivity index (χ4n) is 3.00. The van der Waals surface area contributed by atoms with Gasteiger partial charge in [0.15, 0.2) is 5.96 Å². The lowest BCUT2D eigenvalue weighted by atomic mass is 10.1. The van der Waals surface area contributed by atoms with E-state index in [1.807, 2.05) is 0 Å². The van der Waals surface area contributed by atoms with Crippen molar-refractivity contribution < 1.29 is 13.2 Å². The maximum Gasteiger partial charge on any atom is 0.416 e. The van der Waals surface area contributed by atoms with Gasteiger partial charge in [0.05, 0.1) is 5.56 Å². The van der Waals surface area contributed by atoms with Crippen LogP contribution < -0.4 is 10.6 Å². The monoisotopic (exact) mass is 484 g/mol. The summed E-state index contributed by atoms with van der Waals surface area (Å²) < 4.78 is 37.7. The highest BCUT2D eigenvalue weighted by atomic mass is 127. The largest absolute Gasteiger partial charge is 0.416 e. The second-order valence-electron chi connectivity index (χ2n) is 6.38. The summed E-state index contributed by atoms with van der Waals surface area (Å²) in [4.78, 5) is 6.68. The Morgan fingerprint density at radius 2 is 1.81 bits per heavy atom. The quantitative estimate of drug-likeness (QED) is 0.379. The van der Waals surface area contributed by atoms with Gasteiger partial charge in [-0.25, -0.2) is 0 Å². The molecule has 0 bridgehead atoms. The summed E-state index contributed by atoms with van der Waals surface area (Å²) in [6.45, 7) is 5.94. The van der Waals surface area contributed by atoms with Gasteiger partial charge < -0.3 is 15.5 Å². The zero-order chi connectivity index (χ0) is 18.3. The second kappa shape index (κ2) is 11.0. The number of hydrogen-bond donors (Lipinski definition) is 2. The molecule has 1 saturated heterocycles. The maximum absolute atomic E-state index is 12.6. The molecule has 0 amide bonds. The molecule has 0 aromatic heterocycles. The van der Waals surface area contributed by atoms with E-state index in [4.69, 9.17) is 0 Å². The van der Waals surface area contributed by atoms with Crippen LogP contribution in [-0.2, 0) is 12.7 Å². The molecule has 2 N–H and O–H groups in total. The number of alkyl halides is 3. The van der Waals surface area contributed by atoms with Crippen LogP contribution >= 0.6 is 24.0 Å². The smallest absolute Gasteiger partial charge is 0.354 e. The minimum absolute atomic E-state index is 0. The molecular weight excluding hydrogens is 456 g/mol. The topological polar surface area (TPSA) is 39.7 Å². The van der Waals surface area contributed by atoms with Crippen molar-refractivity contribution in [3.05, 3.63) is 35.4 Å².